The Morgan fingerprint density at radius 1 is 1.28 bits per heavy atom. The Hall–Kier alpha value is -3.30. The first-order valence-corrected chi connectivity index (χ1v) is 13.7. The molecule has 3 atom stereocenters. The van der Waals surface area contributed by atoms with E-state index in [4.69, 9.17) is 21.3 Å². The summed E-state index contributed by atoms with van der Waals surface area (Å²) in [4.78, 5) is 44.1. The van der Waals surface area contributed by atoms with E-state index < -0.39 is 17.4 Å². The molecule has 4 heterocycles. The van der Waals surface area contributed by atoms with Crippen molar-refractivity contribution in [2.24, 2.45) is 11.8 Å². The van der Waals surface area contributed by atoms with Crippen molar-refractivity contribution in [1.29, 1.82) is 0 Å². The van der Waals surface area contributed by atoms with Crippen molar-refractivity contribution >= 4 is 34.4 Å². The minimum absolute atomic E-state index is 0.0280. The Labute approximate surface area is 229 Å². The van der Waals surface area contributed by atoms with Gasteiger partial charge in [0, 0.05) is 28.5 Å². The Balaban J connectivity index is 1.61. The average molecular weight is 554 g/mol. The molecule has 0 saturated carbocycles. The molecule has 1 amide bonds. The third-order valence-electron chi connectivity index (χ3n) is 8.77. The van der Waals surface area contributed by atoms with Crippen molar-refractivity contribution in [3.63, 3.8) is 0 Å². The minimum Gasteiger partial charge on any atom is -0.458 e. The summed E-state index contributed by atoms with van der Waals surface area (Å²) in [6, 6.07) is 2.52. The lowest BCUT2D eigenvalue weighted by molar-refractivity contribution is -0.172. The summed E-state index contributed by atoms with van der Waals surface area (Å²) in [6.45, 7) is 7.45. The number of carbonyl (C=O) groups excluding carboxylic acids is 2. The van der Waals surface area contributed by atoms with E-state index >= 15 is 0 Å². The SMILES string of the molecule is CC[C@@]1(O)C(=O)OCc2c1cc1n(c2=O)Cc2c-1nc1cc(F)c(Cl)c3c1c2[C@@H](NC(=O)[C@@H](C)C(C)C)CC3. The fourth-order valence-corrected chi connectivity index (χ4v) is 6.35. The molecule has 6 rings (SSSR count). The number of aromatic nitrogens is 2. The lowest BCUT2D eigenvalue weighted by atomic mass is 9.82. The number of aliphatic hydroxyl groups is 1. The molecule has 0 saturated heterocycles. The van der Waals surface area contributed by atoms with Gasteiger partial charge < -0.3 is 19.7 Å². The Morgan fingerprint density at radius 2 is 2.03 bits per heavy atom. The topological polar surface area (TPSA) is 111 Å². The van der Waals surface area contributed by atoms with Gasteiger partial charge in [0.15, 0.2) is 5.60 Å². The molecular formula is C29H29ClFN3O5. The number of rotatable bonds is 4. The number of hydrogen-bond acceptors (Lipinski definition) is 6. The maximum atomic E-state index is 14.9. The van der Waals surface area contributed by atoms with E-state index in [-0.39, 0.29) is 65.1 Å². The van der Waals surface area contributed by atoms with E-state index in [1.54, 1.807) is 17.6 Å². The standard InChI is InChI=1S/C29H29ClFN3O5/c1-5-29(38)17-8-21-25-15(10-34(21)27(36)16(17)11-39-28(29)37)23-19(33-26(35)13(4)12(2)3)7-6-14-22(23)20(32-25)9-18(31)24(14)30/h8-9,12-13,19,38H,5-7,10-11H2,1-4H3,(H,33,35)/t13-,19-,29-/m0/s1. The van der Waals surface area contributed by atoms with Crippen LogP contribution in [0.25, 0.3) is 22.3 Å². The maximum absolute atomic E-state index is 14.9. The van der Waals surface area contributed by atoms with Crippen molar-refractivity contribution < 1.29 is 23.8 Å². The largest absolute Gasteiger partial charge is 0.458 e. The quantitative estimate of drug-likeness (QED) is 0.365. The number of cyclic esters (lactones) is 1. The van der Waals surface area contributed by atoms with Crippen molar-refractivity contribution in [2.45, 2.75) is 71.8 Å². The Morgan fingerprint density at radius 3 is 2.72 bits per heavy atom. The van der Waals surface area contributed by atoms with Gasteiger partial charge in [-0.05, 0) is 42.4 Å². The van der Waals surface area contributed by atoms with E-state index in [9.17, 15) is 23.9 Å². The van der Waals surface area contributed by atoms with Gasteiger partial charge in [0.05, 0.1) is 40.1 Å². The molecule has 10 heteroatoms. The van der Waals surface area contributed by atoms with Gasteiger partial charge in [-0.15, -0.1) is 0 Å². The molecule has 3 aromatic rings. The molecule has 2 aliphatic heterocycles. The Kier molecular flexibility index (Phi) is 5.89. The molecule has 8 nitrogen and oxygen atoms in total. The summed E-state index contributed by atoms with van der Waals surface area (Å²) in [5, 5.41) is 15.1. The molecule has 0 spiro atoms. The number of aryl methyl sites for hydroxylation is 1. The molecule has 0 fully saturated rings. The van der Waals surface area contributed by atoms with E-state index in [0.29, 0.717) is 40.7 Å². The van der Waals surface area contributed by atoms with Crippen LogP contribution in [0.5, 0.6) is 0 Å². The summed E-state index contributed by atoms with van der Waals surface area (Å²) in [5.74, 6) is -1.55. The second-order valence-corrected chi connectivity index (χ2v) is 11.5. The van der Waals surface area contributed by atoms with Gasteiger partial charge in [-0.2, -0.15) is 0 Å². The molecular weight excluding hydrogens is 525 g/mol. The second-order valence-electron chi connectivity index (χ2n) is 11.1. The summed E-state index contributed by atoms with van der Waals surface area (Å²) in [5.41, 5.74) is 1.51. The molecule has 3 aliphatic rings. The van der Waals surface area contributed by atoms with Gasteiger partial charge in [0.1, 0.15) is 12.4 Å². The number of nitrogens with zero attached hydrogens (tertiary/aromatic N) is 2. The second kappa shape index (κ2) is 8.86. The Bertz CT molecular complexity index is 1670. The first-order chi connectivity index (χ1) is 18.5. The van der Waals surface area contributed by atoms with E-state index in [1.807, 2.05) is 20.8 Å². The number of carbonyl (C=O) groups is 2. The monoisotopic (exact) mass is 553 g/mol. The molecule has 0 bridgehead atoms. The van der Waals surface area contributed by atoms with E-state index in [2.05, 4.69) is 5.32 Å². The molecule has 0 radical (unpaired) electrons. The third kappa shape index (κ3) is 3.59. The van der Waals surface area contributed by atoms with Crippen LogP contribution < -0.4 is 10.9 Å². The van der Waals surface area contributed by atoms with E-state index in [0.717, 1.165) is 11.1 Å². The summed E-state index contributed by atoms with van der Waals surface area (Å²) in [7, 11) is 0. The maximum Gasteiger partial charge on any atom is 0.343 e. The molecule has 2 N–H and O–H groups in total. The third-order valence-corrected chi connectivity index (χ3v) is 9.18. The molecule has 204 valence electrons. The number of ether oxygens (including phenoxy) is 1. The fourth-order valence-electron chi connectivity index (χ4n) is 6.10. The van der Waals surface area contributed by atoms with Gasteiger partial charge in [-0.3, -0.25) is 9.59 Å². The number of fused-ring (bicyclic) bond motifs is 5. The highest BCUT2D eigenvalue weighted by molar-refractivity contribution is 6.32. The molecule has 1 aliphatic carbocycles. The lowest BCUT2D eigenvalue weighted by Gasteiger charge is -2.31. The first kappa shape index (κ1) is 26.0. The van der Waals surface area contributed by atoms with Crippen LogP contribution >= 0.6 is 11.6 Å². The molecule has 1 aromatic carbocycles. The van der Waals surface area contributed by atoms with E-state index in [1.165, 1.54) is 6.07 Å². The normalized spacial score (nSPS) is 21.8. The summed E-state index contributed by atoms with van der Waals surface area (Å²) < 4.78 is 21.6. The fraction of sp³-hybridized carbons (Fsp3) is 0.448. The number of benzene rings is 1. The smallest absolute Gasteiger partial charge is 0.343 e. The minimum atomic E-state index is -1.95. The van der Waals surface area contributed by atoms with Crippen molar-refractivity contribution in [3.05, 3.63) is 61.1 Å². The van der Waals surface area contributed by atoms with Gasteiger partial charge in [-0.1, -0.05) is 39.3 Å². The van der Waals surface area contributed by atoms with Crippen LogP contribution in [0.2, 0.25) is 5.02 Å². The highest BCUT2D eigenvalue weighted by Gasteiger charge is 2.46. The number of amides is 1. The predicted octanol–water partition coefficient (Wildman–Crippen LogP) is 4.27. The highest BCUT2D eigenvalue weighted by atomic mass is 35.5. The summed E-state index contributed by atoms with van der Waals surface area (Å²) >= 11 is 6.42. The highest BCUT2D eigenvalue weighted by Crippen LogP contribution is 2.46. The van der Waals surface area contributed by atoms with Gasteiger partial charge in [0.25, 0.3) is 5.56 Å². The zero-order valence-corrected chi connectivity index (χ0v) is 22.9. The van der Waals surface area contributed by atoms with Gasteiger partial charge >= 0.3 is 5.97 Å². The van der Waals surface area contributed by atoms with Crippen LogP contribution in [0.4, 0.5) is 4.39 Å². The predicted molar refractivity (Wildman–Crippen MR) is 143 cm³/mol. The number of esters is 1. The zero-order valence-electron chi connectivity index (χ0n) is 22.2. The zero-order chi connectivity index (χ0) is 28.0. The van der Waals surface area contributed by atoms with Crippen molar-refractivity contribution in [2.75, 3.05) is 0 Å². The number of nitrogens with one attached hydrogen (secondary N) is 1. The van der Waals surface area contributed by atoms with Crippen LogP contribution in [0.3, 0.4) is 0 Å². The number of hydrogen-bond donors (Lipinski definition) is 2. The van der Waals surface area contributed by atoms with Crippen LogP contribution in [-0.4, -0.2) is 26.5 Å². The van der Waals surface area contributed by atoms with Gasteiger partial charge in [-0.25, -0.2) is 14.2 Å². The summed E-state index contributed by atoms with van der Waals surface area (Å²) in [6.07, 6.45) is 1.00. The van der Waals surface area contributed by atoms with Gasteiger partial charge in [0.2, 0.25) is 5.91 Å². The van der Waals surface area contributed by atoms with Crippen molar-refractivity contribution in [3.8, 4) is 11.4 Å². The van der Waals surface area contributed by atoms with Crippen LogP contribution in [0, 0.1) is 17.7 Å². The van der Waals surface area contributed by atoms with Crippen molar-refractivity contribution in [1.82, 2.24) is 14.9 Å². The van der Waals surface area contributed by atoms with Crippen LogP contribution in [0.1, 0.15) is 74.4 Å². The molecule has 39 heavy (non-hydrogen) atoms. The molecule has 2 aromatic heterocycles. The van der Waals surface area contributed by atoms with Crippen LogP contribution in [-0.2, 0) is 39.5 Å². The number of halogens is 2. The average Bonchev–Trinajstić information content (AvgIpc) is 3.28. The first-order valence-electron chi connectivity index (χ1n) is 13.3. The molecule has 0 unspecified atom stereocenters. The number of pyridine rings is 2. The van der Waals surface area contributed by atoms with Crippen LogP contribution in [0.15, 0.2) is 16.9 Å². The lowest BCUT2D eigenvalue weighted by Crippen LogP contribution is -2.44.